The highest BCUT2D eigenvalue weighted by atomic mass is 16.6. The van der Waals surface area contributed by atoms with Crippen LogP contribution in [0.25, 0.3) is 0 Å². The summed E-state index contributed by atoms with van der Waals surface area (Å²) in [6.45, 7) is 3.32. The monoisotopic (exact) mass is 160 g/mol. The second-order valence-corrected chi connectivity index (χ2v) is 2.18. The van der Waals surface area contributed by atoms with Crippen LogP contribution in [0.15, 0.2) is 0 Å². The molecule has 11 heavy (non-hydrogen) atoms. The zero-order chi connectivity index (χ0) is 8.85. The number of amides is 2. The summed E-state index contributed by atoms with van der Waals surface area (Å²) in [5.41, 5.74) is 4.73. The Morgan fingerprint density at radius 2 is 2.18 bits per heavy atom. The SMILES string of the molecule is CC(=O)NC[C@@H](C)OC(N)=O. The molecule has 0 aliphatic heterocycles. The van der Waals surface area contributed by atoms with Crippen molar-refractivity contribution >= 4 is 12.0 Å². The van der Waals surface area contributed by atoms with Gasteiger partial charge in [-0.1, -0.05) is 0 Å². The van der Waals surface area contributed by atoms with Gasteiger partial charge in [0.05, 0.1) is 6.54 Å². The largest absolute Gasteiger partial charge is 0.445 e. The summed E-state index contributed by atoms with van der Waals surface area (Å²) >= 11 is 0. The van der Waals surface area contributed by atoms with Gasteiger partial charge in [-0.25, -0.2) is 4.79 Å². The molecule has 0 heterocycles. The Balaban J connectivity index is 3.44. The lowest BCUT2D eigenvalue weighted by Crippen LogP contribution is -2.33. The molecule has 0 aromatic rings. The van der Waals surface area contributed by atoms with Gasteiger partial charge < -0.3 is 15.8 Å². The molecule has 0 spiro atoms. The fourth-order valence-corrected chi connectivity index (χ4v) is 0.527. The number of nitrogens with two attached hydrogens (primary N) is 1. The fourth-order valence-electron chi connectivity index (χ4n) is 0.527. The molecule has 64 valence electrons. The van der Waals surface area contributed by atoms with Crippen LogP contribution in [-0.2, 0) is 9.53 Å². The van der Waals surface area contributed by atoms with Crippen molar-refractivity contribution in [3.05, 3.63) is 0 Å². The highest BCUT2D eigenvalue weighted by molar-refractivity contribution is 5.72. The Kier molecular flexibility index (Phi) is 4.02. The molecule has 3 N–H and O–H groups in total. The number of carbonyl (C=O) groups excluding carboxylic acids is 2. The van der Waals surface area contributed by atoms with Crippen LogP contribution in [0.3, 0.4) is 0 Å². The number of rotatable bonds is 3. The number of carbonyl (C=O) groups is 2. The quantitative estimate of drug-likeness (QED) is 0.589. The first-order valence-corrected chi connectivity index (χ1v) is 3.23. The second-order valence-electron chi connectivity index (χ2n) is 2.18. The normalized spacial score (nSPS) is 11.8. The lowest BCUT2D eigenvalue weighted by atomic mass is 10.4. The van der Waals surface area contributed by atoms with Crippen LogP contribution in [-0.4, -0.2) is 24.6 Å². The van der Waals surface area contributed by atoms with E-state index in [-0.39, 0.29) is 18.6 Å². The Hall–Kier alpha value is -1.26. The number of hydrogen-bond acceptors (Lipinski definition) is 3. The van der Waals surface area contributed by atoms with E-state index < -0.39 is 6.09 Å². The molecule has 0 bridgehead atoms. The van der Waals surface area contributed by atoms with E-state index in [1.165, 1.54) is 6.92 Å². The smallest absolute Gasteiger partial charge is 0.404 e. The van der Waals surface area contributed by atoms with E-state index in [0.29, 0.717) is 0 Å². The molecule has 5 heteroatoms. The Morgan fingerprint density at radius 1 is 1.64 bits per heavy atom. The van der Waals surface area contributed by atoms with Gasteiger partial charge in [-0.05, 0) is 6.92 Å². The van der Waals surface area contributed by atoms with Crippen molar-refractivity contribution in [3.63, 3.8) is 0 Å². The van der Waals surface area contributed by atoms with Crippen molar-refractivity contribution in [2.45, 2.75) is 20.0 Å². The van der Waals surface area contributed by atoms with Crippen LogP contribution in [0.1, 0.15) is 13.8 Å². The van der Waals surface area contributed by atoms with Crippen LogP contribution in [0.5, 0.6) is 0 Å². The van der Waals surface area contributed by atoms with E-state index >= 15 is 0 Å². The highest BCUT2D eigenvalue weighted by Gasteiger charge is 2.05. The fraction of sp³-hybridized carbons (Fsp3) is 0.667. The third-order valence-electron chi connectivity index (χ3n) is 0.956. The molecule has 0 aliphatic carbocycles. The average molecular weight is 160 g/mol. The van der Waals surface area contributed by atoms with Crippen LogP contribution in [0, 0.1) is 0 Å². The summed E-state index contributed by atoms with van der Waals surface area (Å²) < 4.78 is 4.52. The first-order valence-electron chi connectivity index (χ1n) is 3.23. The third kappa shape index (κ3) is 6.63. The zero-order valence-electron chi connectivity index (χ0n) is 6.59. The van der Waals surface area contributed by atoms with E-state index in [1.807, 2.05) is 0 Å². The Morgan fingerprint density at radius 3 is 2.55 bits per heavy atom. The van der Waals surface area contributed by atoms with Gasteiger partial charge in [-0.2, -0.15) is 0 Å². The first-order chi connectivity index (χ1) is 5.02. The van der Waals surface area contributed by atoms with Crippen molar-refractivity contribution in [2.75, 3.05) is 6.54 Å². The van der Waals surface area contributed by atoms with Gasteiger partial charge in [-0.15, -0.1) is 0 Å². The lowest BCUT2D eigenvalue weighted by Gasteiger charge is -2.10. The maximum atomic E-state index is 10.4. The molecular formula is C6H12N2O3. The van der Waals surface area contributed by atoms with Gasteiger partial charge in [-0.3, -0.25) is 4.79 Å². The molecule has 1 atom stereocenters. The lowest BCUT2D eigenvalue weighted by molar-refractivity contribution is -0.119. The number of nitrogens with one attached hydrogen (secondary N) is 1. The maximum Gasteiger partial charge on any atom is 0.404 e. The molecule has 0 saturated carbocycles. The van der Waals surface area contributed by atoms with Crippen molar-refractivity contribution in [3.8, 4) is 0 Å². The predicted octanol–water partition coefficient (Wildman–Crippen LogP) is -0.394. The number of ether oxygens (including phenoxy) is 1. The van der Waals surface area contributed by atoms with Crippen LogP contribution in [0.4, 0.5) is 4.79 Å². The highest BCUT2D eigenvalue weighted by Crippen LogP contribution is 1.86. The summed E-state index contributed by atoms with van der Waals surface area (Å²) in [6.07, 6.45) is -1.21. The van der Waals surface area contributed by atoms with Gasteiger partial charge in [0, 0.05) is 6.92 Å². The van der Waals surface area contributed by atoms with Crippen LogP contribution >= 0.6 is 0 Å². The average Bonchev–Trinajstić information content (AvgIpc) is 1.82. The van der Waals surface area contributed by atoms with Crippen LogP contribution in [0.2, 0.25) is 0 Å². The molecule has 0 unspecified atom stereocenters. The van der Waals surface area contributed by atoms with E-state index in [4.69, 9.17) is 5.73 Å². The van der Waals surface area contributed by atoms with Crippen LogP contribution < -0.4 is 11.1 Å². The first kappa shape index (κ1) is 9.74. The number of hydrogen-bond donors (Lipinski definition) is 2. The molecular weight excluding hydrogens is 148 g/mol. The molecule has 5 nitrogen and oxygen atoms in total. The summed E-state index contributed by atoms with van der Waals surface area (Å²) in [5.74, 6) is -0.162. The summed E-state index contributed by atoms with van der Waals surface area (Å²) in [6, 6.07) is 0. The van der Waals surface area contributed by atoms with Gasteiger partial charge in [0.1, 0.15) is 6.10 Å². The minimum Gasteiger partial charge on any atom is -0.445 e. The minimum atomic E-state index is -0.831. The molecule has 0 aliphatic rings. The Labute approximate surface area is 64.9 Å². The molecule has 2 amide bonds. The second kappa shape index (κ2) is 4.54. The van der Waals surface area contributed by atoms with E-state index in [0.717, 1.165) is 0 Å². The molecule has 0 aromatic carbocycles. The summed E-state index contributed by atoms with van der Waals surface area (Å²) in [5, 5.41) is 2.48. The molecule has 0 saturated heterocycles. The molecule has 0 aromatic heterocycles. The van der Waals surface area contributed by atoms with Gasteiger partial charge in [0.15, 0.2) is 0 Å². The molecule has 0 radical (unpaired) electrons. The zero-order valence-corrected chi connectivity index (χ0v) is 6.59. The van der Waals surface area contributed by atoms with Gasteiger partial charge >= 0.3 is 6.09 Å². The third-order valence-corrected chi connectivity index (χ3v) is 0.956. The van der Waals surface area contributed by atoms with E-state index in [9.17, 15) is 9.59 Å². The maximum absolute atomic E-state index is 10.4. The predicted molar refractivity (Wildman–Crippen MR) is 38.8 cm³/mol. The summed E-state index contributed by atoms with van der Waals surface area (Å²) in [7, 11) is 0. The Bertz CT molecular complexity index is 158. The summed E-state index contributed by atoms with van der Waals surface area (Å²) in [4.78, 5) is 20.5. The van der Waals surface area contributed by atoms with Crippen molar-refractivity contribution in [1.29, 1.82) is 0 Å². The standard InChI is InChI=1S/C6H12N2O3/c1-4(11-6(7)10)3-8-5(2)9/h4H,3H2,1-2H3,(H2,7,10)(H,8,9)/t4-/m1/s1. The number of primary amides is 1. The van der Waals surface area contributed by atoms with Crippen molar-refractivity contribution in [2.24, 2.45) is 5.73 Å². The van der Waals surface area contributed by atoms with E-state index in [1.54, 1.807) is 6.92 Å². The van der Waals surface area contributed by atoms with Crippen molar-refractivity contribution < 1.29 is 14.3 Å². The van der Waals surface area contributed by atoms with Gasteiger partial charge in [0.25, 0.3) is 0 Å². The minimum absolute atomic E-state index is 0.162. The van der Waals surface area contributed by atoms with Gasteiger partial charge in [0.2, 0.25) is 5.91 Å². The molecule has 0 fully saturated rings. The molecule has 0 rings (SSSR count). The topological polar surface area (TPSA) is 81.4 Å². The van der Waals surface area contributed by atoms with Crippen molar-refractivity contribution in [1.82, 2.24) is 5.32 Å². The van der Waals surface area contributed by atoms with E-state index in [2.05, 4.69) is 10.1 Å².